The second-order valence-corrected chi connectivity index (χ2v) is 2.75. The van der Waals surface area contributed by atoms with Crippen LogP contribution in [0.5, 0.6) is 0 Å². The molecule has 5 heteroatoms. The Morgan fingerprint density at radius 1 is 1.67 bits per heavy atom. The SMILES string of the molecule is COC(CN1CC(N)C1=O)OC. The molecule has 0 aliphatic carbocycles. The van der Waals surface area contributed by atoms with Gasteiger partial charge >= 0.3 is 0 Å². The summed E-state index contributed by atoms with van der Waals surface area (Å²) in [4.78, 5) is 12.6. The van der Waals surface area contributed by atoms with Crippen LogP contribution in [0.4, 0.5) is 0 Å². The molecule has 0 spiro atoms. The molecule has 0 radical (unpaired) electrons. The highest BCUT2D eigenvalue weighted by Gasteiger charge is 2.34. The monoisotopic (exact) mass is 174 g/mol. The zero-order valence-corrected chi connectivity index (χ0v) is 7.32. The molecule has 12 heavy (non-hydrogen) atoms. The van der Waals surface area contributed by atoms with Crippen LogP contribution in [-0.4, -0.2) is 50.4 Å². The summed E-state index contributed by atoms with van der Waals surface area (Å²) in [6, 6.07) is -0.320. The number of hydrogen-bond donors (Lipinski definition) is 1. The van der Waals surface area contributed by atoms with Crippen LogP contribution in [0, 0.1) is 0 Å². The van der Waals surface area contributed by atoms with E-state index in [0.717, 1.165) is 0 Å². The molecular weight excluding hydrogens is 160 g/mol. The van der Waals surface area contributed by atoms with E-state index < -0.39 is 0 Å². The van der Waals surface area contributed by atoms with Crippen molar-refractivity contribution in [2.45, 2.75) is 12.3 Å². The summed E-state index contributed by atoms with van der Waals surface area (Å²) in [7, 11) is 3.08. The fourth-order valence-electron chi connectivity index (χ4n) is 1.12. The standard InChI is InChI=1S/C7H14N2O3/c1-11-6(12-2)4-9-3-5(8)7(9)10/h5-6H,3-4,8H2,1-2H3. The minimum Gasteiger partial charge on any atom is -0.354 e. The number of β-lactam (4-membered cyclic amide) rings is 1. The van der Waals surface area contributed by atoms with Crippen molar-refractivity contribution in [1.29, 1.82) is 0 Å². The number of rotatable bonds is 4. The van der Waals surface area contributed by atoms with Gasteiger partial charge in [-0.15, -0.1) is 0 Å². The lowest BCUT2D eigenvalue weighted by Gasteiger charge is -2.37. The Hall–Kier alpha value is -0.650. The predicted octanol–water partition coefficient (Wildman–Crippen LogP) is -1.23. The maximum Gasteiger partial charge on any atom is 0.241 e. The molecule has 1 saturated heterocycles. The molecule has 0 aromatic heterocycles. The number of ether oxygens (including phenoxy) is 2. The molecule has 0 aromatic carbocycles. The maximum atomic E-state index is 11.0. The van der Waals surface area contributed by atoms with E-state index in [1.54, 1.807) is 19.1 Å². The van der Waals surface area contributed by atoms with Gasteiger partial charge in [0.15, 0.2) is 6.29 Å². The van der Waals surface area contributed by atoms with Crippen LogP contribution < -0.4 is 5.73 Å². The minimum absolute atomic E-state index is 0.0332. The molecule has 0 aromatic rings. The van der Waals surface area contributed by atoms with E-state index in [4.69, 9.17) is 15.2 Å². The Morgan fingerprint density at radius 3 is 2.58 bits per heavy atom. The normalized spacial score (nSPS) is 23.2. The number of carbonyl (C=O) groups is 1. The zero-order chi connectivity index (χ0) is 9.14. The molecule has 0 saturated carbocycles. The van der Waals surface area contributed by atoms with Crippen molar-refractivity contribution < 1.29 is 14.3 Å². The van der Waals surface area contributed by atoms with E-state index in [0.29, 0.717) is 13.1 Å². The van der Waals surface area contributed by atoms with Crippen LogP contribution in [0.1, 0.15) is 0 Å². The van der Waals surface area contributed by atoms with Gasteiger partial charge in [-0.05, 0) is 0 Å². The molecule has 1 fully saturated rings. The third-order valence-corrected chi connectivity index (χ3v) is 1.94. The first-order valence-corrected chi connectivity index (χ1v) is 3.79. The van der Waals surface area contributed by atoms with E-state index >= 15 is 0 Å². The van der Waals surface area contributed by atoms with Crippen molar-refractivity contribution in [2.24, 2.45) is 5.73 Å². The molecular formula is C7H14N2O3. The van der Waals surface area contributed by atoms with Gasteiger partial charge < -0.3 is 20.1 Å². The highest BCUT2D eigenvalue weighted by molar-refractivity contribution is 5.87. The molecule has 70 valence electrons. The second kappa shape index (κ2) is 3.84. The van der Waals surface area contributed by atoms with Gasteiger partial charge in [-0.3, -0.25) is 4.79 Å². The number of nitrogens with two attached hydrogens (primary N) is 1. The fourth-order valence-corrected chi connectivity index (χ4v) is 1.12. The molecule has 1 rings (SSSR count). The van der Waals surface area contributed by atoms with Crippen LogP contribution >= 0.6 is 0 Å². The minimum atomic E-state index is -0.346. The Labute approximate surface area is 71.4 Å². The summed E-state index contributed by atoms with van der Waals surface area (Å²) < 4.78 is 9.86. The number of hydrogen-bond acceptors (Lipinski definition) is 4. The van der Waals surface area contributed by atoms with Crippen LogP contribution in [-0.2, 0) is 14.3 Å². The lowest BCUT2D eigenvalue weighted by Crippen LogP contribution is -2.62. The first-order valence-electron chi connectivity index (χ1n) is 3.79. The largest absolute Gasteiger partial charge is 0.354 e. The van der Waals surface area contributed by atoms with Crippen molar-refractivity contribution in [1.82, 2.24) is 4.90 Å². The van der Waals surface area contributed by atoms with E-state index in [9.17, 15) is 4.79 Å². The molecule has 0 bridgehead atoms. The van der Waals surface area contributed by atoms with Crippen molar-refractivity contribution in [3.05, 3.63) is 0 Å². The van der Waals surface area contributed by atoms with E-state index in [1.165, 1.54) is 0 Å². The first kappa shape index (κ1) is 9.44. The van der Waals surface area contributed by atoms with E-state index in [1.807, 2.05) is 0 Å². The quantitative estimate of drug-likeness (QED) is 0.428. The summed E-state index contributed by atoms with van der Waals surface area (Å²) >= 11 is 0. The molecule has 1 heterocycles. The van der Waals surface area contributed by atoms with E-state index in [2.05, 4.69) is 0 Å². The lowest BCUT2D eigenvalue weighted by atomic mass is 10.1. The molecule has 2 N–H and O–H groups in total. The highest BCUT2D eigenvalue weighted by Crippen LogP contribution is 2.09. The van der Waals surface area contributed by atoms with Crippen LogP contribution in [0.2, 0.25) is 0 Å². The molecule has 5 nitrogen and oxygen atoms in total. The second-order valence-electron chi connectivity index (χ2n) is 2.75. The van der Waals surface area contributed by atoms with Crippen molar-refractivity contribution in [3.8, 4) is 0 Å². The highest BCUT2D eigenvalue weighted by atomic mass is 16.7. The Bertz CT molecular complexity index is 170. The molecule has 1 aliphatic heterocycles. The number of nitrogens with zero attached hydrogens (tertiary/aromatic N) is 1. The average molecular weight is 174 g/mol. The van der Waals surface area contributed by atoms with Crippen LogP contribution in [0.25, 0.3) is 0 Å². The van der Waals surface area contributed by atoms with Gasteiger partial charge in [0.1, 0.15) is 6.04 Å². The van der Waals surface area contributed by atoms with Gasteiger partial charge in [-0.1, -0.05) is 0 Å². The van der Waals surface area contributed by atoms with Crippen molar-refractivity contribution >= 4 is 5.91 Å². The number of amides is 1. The number of likely N-dealkylation sites (tertiary alicyclic amines) is 1. The molecule has 1 unspecified atom stereocenters. The molecule has 1 amide bonds. The van der Waals surface area contributed by atoms with Gasteiger partial charge in [0.25, 0.3) is 0 Å². The lowest BCUT2D eigenvalue weighted by molar-refractivity contribution is -0.157. The van der Waals surface area contributed by atoms with Gasteiger partial charge in [0.05, 0.1) is 6.54 Å². The summed E-state index contributed by atoms with van der Waals surface area (Å²) in [6.07, 6.45) is -0.346. The van der Waals surface area contributed by atoms with E-state index in [-0.39, 0.29) is 18.2 Å². The fraction of sp³-hybridized carbons (Fsp3) is 0.857. The predicted molar refractivity (Wildman–Crippen MR) is 42.4 cm³/mol. The maximum absolute atomic E-state index is 11.0. The van der Waals surface area contributed by atoms with Crippen molar-refractivity contribution in [2.75, 3.05) is 27.3 Å². The Morgan fingerprint density at radius 2 is 2.25 bits per heavy atom. The summed E-state index contributed by atoms with van der Waals surface area (Å²) in [6.45, 7) is 1.06. The third kappa shape index (κ3) is 1.74. The summed E-state index contributed by atoms with van der Waals surface area (Å²) in [5.41, 5.74) is 5.40. The smallest absolute Gasteiger partial charge is 0.241 e. The zero-order valence-electron chi connectivity index (χ0n) is 7.32. The third-order valence-electron chi connectivity index (χ3n) is 1.94. The molecule has 1 atom stereocenters. The first-order chi connectivity index (χ1) is 5.69. The topological polar surface area (TPSA) is 64.8 Å². The average Bonchev–Trinajstić information content (AvgIpc) is 2.11. The van der Waals surface area contributed by atoms with Gasteiger partial charge in [0.2, 0.25) is 5.91 Å². The van der Waals surface area contributed by atoms with Gasteiger partial charge in [0, 0.05) is 20.8 Å². The summed E-state index contributed by atoms with van der Waals surface area (Å²) in [5.74, 6) is -0.0332. The van der Waals surface area contributed by atoms with Gasteiger partial charge in [-0.2, -0.15) is 0 Å². The van der Waals surface area contributed by atoms with Crippen LogP contribution in [0.15, 0.2) is 0 Å². The van der Waals surface area contributed by atoms with Crippen molar-refractivity contribution in [3.63, 3.8) is 0 Å². The van der Waals surface area contributed by atoms with Crippen LogP contribution in [0.3, 0.4) is 0 Å². The number of carbonyl (C=O) groups excluding carboxylic acids is 1. The van der Waals surface area contributed by atoms with Gasteiger partial charge in [-0.25, -0.2) is 0 Å². The Balaban J connectivity index is 2.28. The molecule has 1 aliphatic rings. The number of methoxy groups -OCH3 is 2. The Kier molecular flexibility index (Phi) is 3.02. The summed E-state index contributed by atoms with van der Waals surface area (Å²) in [5, 5.41) is 0.